The van der Waals surface area contributed by atoms with Crippen molar-refractivity contribution in [3.05, 3.63) is 29.6 Å². The second kappa shape index (κ2) is 5.05. The fourth-order valence-corrected chi connectivity index (χ4v) is 2.49. The van der Waals surface area contributed by atoms with Gasteiger partial charge in [-0.2, -0.15) is 0 Å². The van der Waals surface area contributed by atoms with Gasteiger partial charge in [-0.15, -0.1) is 0 Å². The minimum absolute atomic E-state index is 0.112. The summed E-state index contributed by atoms with van der Waals surface area (Å²) in [5, 5.41) is 0. The summed E-state index contributed by atoms with van der Waals surface area (Å²) >= 11 is 0. The van der Waals surface area contributed by atoms with Gasteiger partial charge in [-0.05, 0) is 30.5 Å². The average Bonchev–Trinajstić information content (AvgIpc) is 2.30. The van der Waals surface area contributed by atoms with Gasteiger partial charge in [0.2, 0.25) is 0 Å². The molecule has 0 aromatic heterocycles. The first-order valence-electron chi connectivity index (χ1n) is 6.33. The highest BCUT2D eigenvalue weighted by Crippen LogP contribution is 2.36. The average molecular weight is 237 g/mol. The van der Waals surface area contributed by atoms with Crippen molar-refractivity contribution in [1.82, 2.24) is 0 Å². The number of halogens is 1. The second-order valence-corrected chi connectivity index (χ2v) is 4.95. The number of hydrogen-bond donors (Lipinski definition) is 1. The van der Waals surface area contributed by atoms with Crippen LogP contribution >= 0.6 is 0 Å². The zero-order chi connectivity index (χ0) is 12.4. The molecule has 2 N–H and O–H groups in total. The lowest BCUT2D eigenvalue weighted by atomic mass is 9.89. The highest BCUT2D eigenvalue weighted by molar-refractivity contribution is 5.38. The van der Waals surface area contributed by atoms with Gasteiger partial charge < -0.3 is 10.5 Å². The zero-order valence-corrected chi connectivity index (χ0v) is 10.4. The van der Waals surface area contributed by atoms with Crippen molar-refractivity contribution < 1.29 is 9.13 Å². The predicted molar refractivity (Wildman–Crippen MR) is 66.4 cm³/mol. The quantitative estimate of drug-likeness (QED) is 0.874. The van der Waals surface area contributed by atoms with Crippen LogP contribution in [0.1, 0.15) is 44.7 Å². The van der Waals surface area contributed by atoms with Crippen molar-refractivity contribution in [1.29, 1.82) is 0 Å². The van der Waals surface area contributed by atoms with Crippen LogP contribution in [0.3, 0.4) is 0 Å². The molecule has 0 amide bonds. The Balaban J connectivity index is 2.18. The van der Waals surface area contributed by atoms with Gasteiger partial charge in [-0.1, -0.05) is 20.3 Å². The van der Waals surface area contributed by atoms with Crippen molar-refractivity contribution in [3.8, 4) is 5.75 Å². The second-order valence-electron chi connectivity index (χ2n) is 4.95. The summed E-state index contributed by atoms with van der Waals surface area (Å²) < 4.78 is 19.1. The molecule has 0 spiro atoms. The maximum atomic E-state index is 13.1. The Hall–Kier alpha value is -1.09. The monoisotopic (exact) mass is 237 g/mol. The van der Waals surface area contributed by atoms with E-state index in [4.69, 9.17) is 10.5 Å². The van der Waals surface area contributed by atoms with Crippen molar-refractivity contribution >= 4 is 0 Å². The summed E-state index contributed by atoms with van der Waals surface area (Å²) in [6.45, 7) is 4.36. The number of hydrogen-bond acceptors (Lipinski definition) is 2. The van der Waals surface area contributed by atoms with E-state index < -0.39 is 0 Å². The molecular weight excluding hydrogens is 217 g/mol. The molecule has 1 aliphatic heterocycles. The summed E-state index contributed by atoms with van der Waals surface area (Å²) in [4.78, 5) is 0. The molecule has 3 atom stereocenters. The number of nitrogens with two attached hydrogens (primary N) is 1. The Morgan fingerprint density at radius 1 is 1.53 bits per heavy atom. The van der Waals surface area contributed by atoms with Gasteiger partial charge in [0.05, 0.1) is 0 Å². The third-order valence-electron chi connectivity index (χ3n) is 3.51. The van der Waals surface area contributed by atoms with Crippen LogP contribution in [0.2, 0.25) is 0 Å². The van der Waals surface area contributed by atoms with Gasteiger partial charge in [-0.3, -0.25) is 0 Å². The number of fused-ring (bicyclic) bond motifs is 1. The standard InChI is InChI=1S/C14H20FNO/c1-3-4-9(2)14-8-12(16)11-7-10(15)5-6-13(11)17-14/h5-7,9,12,14H,3-4,8,16H2,1-2H3/t9?,12-,14?/m1/s1. The molecule has 1 aliphatic rings. The van der Waals surface area contributed by atoms with Crippen molar-refractivity contribution in [3.63, 3.8) is 0 Å². The van der Waals surface area contributed by atoms with E-state index in [1.807, 2.05) is 0 Å². The number of ether oxygens (including phenoxy) is 1. The van der Waals surface area contributed by atoms with Gasteiger partial charge in [0, 0.05) is 18.0 Å². The summed E-state index contributed by atoms with van der Waals surface area (Å²) in [5.41, 5.74) is 6.89. The van der Waals surface area contributed by atoms with Gasteiger partial charge >= 0.3 is 0 Å². The molecule has 1 heterocycles. The van der Waals surface area contributed by atoms with Crippen LogP contribution in [0.5, 0.6) is 5.75 Å². The molecule has 1 aromatic carbocycles. The maximum absolute atomic E-state index is 13.1. The van der Waals surface area contributed by atoms with Crippen LogP contribution in [-0.2, 0) is 0 Å². The van der Waals surface area contributed by atoms with Gasteiger partial charge in [0.15, 0.2) is 0 Å². The van der Waals surface area contributed by atoms with Crippen LogP contribution < -0.4 is 10.5 Å². The molecule has 2 nitrogen and oxygen atoms in total. The van der Waals surface area contributed by atoms with E-state index in [0.717, 1.165) is 30.6 Å². The Morgan fingerprint density at radius 2 is 2.29 bits per heavy atom. The zero-order valence-electron chi connectivity index (χ0n) is 10.4. The molecule has 3 heteroatoms. The fraction of sp³-hybridized carbons (Fsp3) is 0.571. The normalized spacial score (nSPS) is 24.9. The highest BCUT2D eigenvalue weighted by atomic mass is 19.1. The minimum Gasteiger partial charge on any atom is -0.490 e. The summed E-state index contributed by atoms with van der Waals surface area (Å²) in [7, 11) is 0. The van der Waals surface area contributed by atoms with Crippen LogP contribution in [0, 0.1) is 11.7 Å². The van der Waals surface area contributed by atoms with E-state index >= 15 is 0 Å². The molecule has 2 unspecified atom stereocenters. The largest absolute Gasteiger partial charge is 0.490 e. The Kier molecular flexibility index (Phi) is 3.67. The summed E-state index contributed by atoms with van der Waals surface area (Å²) in [5.74, 6) is 0.991. The molecule has 94 valence electrons. The molecule has 2 rings (SSSR count). The Bertz CT molecular complexity index is 394. The first kappa shape index (κ1) is 12.4. The van der Waals surface area contributed by atoms with Crippen LogP contribution in [0.15, 0.2) is 18.2 Å². The lowest BCUT2D eigenvalue weighted by Gasteiger charge is -2.33. The van der Waals surface area contributed by atoms with Crippen LogP contribution in [-0.4, -0.2) is 6.10 Å². The minimum atomic E-state index is -0.247. The Morgan fingerprint density at radius 3 is 3.00 bits per heavy atom. The van der Waals surface area contributed by atoms with E-state index in [1.54, 1.807) is 6.07 Å². The SMILES string of the molecule is CCCC(C)C1C[C@@H](N)c2cc(F)ccc2O1. The summed E-state index contributed by atoms with van der Waals surface area (Å²) in [6.07, 6.45) is 3.21. The van der Waals surface area contributed by atoms with Gasteiger partial charge in [0.25, 0.3) is 0 Å². The van der Waals surface area contributed by atoms with Crippen LogP contribution in [0.4, 0.5) is 4.39 Å². The van der Waals surface area contributed by atoms with Crippen LogP contribution in [0.25, 0.3) is 0 Å². The molecule has 0 bridgehead atoms. The molecule has 1 aromatic rings. The van der Waals surface area contributed by atoms with E-state index in [1.165, 1.54) is 12.1 Å². The third-order valence-corrected chi connectivity index (χ3v) is 3.51. The molecular formula is C14H20FNO. The van der Waals surface area contributed by atoms with Gasteiger partial charge in [-0.25, -0.2) is 4.39 Å². The van der Waals surface area contributed by atoms with Crippen molar-refractivity contribution in [2.45, 2.75) is 45.3 Å². The lowest BCUT2D eigenvalue weighted by Crippen LogP contribution is -2.34. The van der Waals surface area contributed by atoms with Crippen molar-refractivity contribution in [2.75, 3.05) is 0 Å². The van der Waals surface area contributed by atoms with E-state index in [-0.39, 0.29) is 18.0 Å². The molecule has 0 saturated carbocycles. The van der Waals surface area contributed by atoms with E-state index in [2.05, 4.69) is 13.8 Å². The molecule has 0 saturated heterocycles. The summed E-state index contributed by atoms with van der Waals surface area (Å²) in [6, 6.07) is 4.49. The fourth-order valence-electron chi connectivity index (χ4n) is 2.49. The smallest absolute Gasteiger partial charge is 0.124 e. The number of benzene rings is 1. The lowest BCUT2D eigenvalue weighted by molar-refractivity contribution is 0.102. The van der Waals surface area contributed by atoms with E-state index in [9.17, 15) is 4.39 Å². The van der Waals surface area contributed by atoms with Crippen molar-refractivity contribution in [2.24, 2.45) is 11.7 Å². The first-order chi connectivity index (χ1) is 8.11. The predicted octanol–water partition coefficient (Wildman–Crippen LogP) is 3.41. The number of rotatable bonds is 3. The molecule has 17 heavy (non-hydrogen) atoms. The van der Waals surface area contributed by atoms with E-state index in [0.29, 0.717) is 5.92 Å². The molecule has 0 fully saturated rings. The molecule has 0 aliphatic carbocycles. The highest BCUT2D eigenvalue weighted by Gasteiger charge is 2.29. The molecule has 0 radical (unpaired) electrons. The Labute approximate surface area is 102 Å². The topological polar surface area (TPSA) is 35.2 Å². The maximum Gasteiger partial charge on any atom is 0.124 e. The van der Waals surface area contributed by atoms with Gasteiger partial charge in [0.1, 0.15) is 17.7 Å². The third kappa shape index (κ3) is 2.60. The first-order valence-corrected chi connectivity index (χ1v) is 6.33.